The molecule has 1 aliphatic rings. The highest BCUT2D eigenvalue weighted by atomic mass is 19.4. The summed E-state index contributed by atoms with van der Waals surface area (Å²) in [4.78, 5) is 0. The lowest BCUT2D eigenvalue weighted by Gasteiger charge is -2.25. The molecular formula is C8H11F3N4. The quantitative estimate of drug-likeness (QED) is 0.763. The first-order valence-corrected chi connectivity index (χ1v) is 4.70. The summed E-state index contributed by atoms with van der Waals surface area (Å²) in [5, 5.41) is 7.56. The predicted octanol–water partition coefficient (Wildman–Crippen LogP) is 0.861. The van der Waals surface area contributed by atoms with Crippen LogP contribution < -0.4 is 5.73 Å². The topological polar surface area (TPSA) is 56.7 Å². The molecule has 15 heavy (non-hydrogen) atoms. The summed E-state index contributed by atoms with van der Waals surface area (Å²) < 4.78 is 39.0. The number of nitrogens with zero attached hydrogens (tertiary/aromatic N) is 3. The van der Waals surface area contributed by atoms with Gasteiger partial charge >= 0.3 is 6.18 Å². The largest absolute Gasteiger partial charge is 0.393 e. The van der Waals surface area contributed by atoms with Gasteiger partial charge in [0, 0.05) is 13.0 Å². The van der Waals surface area contributed by atoms with Crippen molar-refractivity contribution >= 4 is 0 Å². The van der Waals surface area contributed by atoms with E-state index in [1.165, 1.54) is 4.57 Å². The van der Waals surface area contributed by atoms with Crippen LogP contribution in [0.1, 0.15) is 18.1 Å². The van der Waals surface area contributed by atoms with Crippen LogP contribution >= 0.6 is 0 Å². The molecule has 2 N–H and O–H groups in total. The van der Waals surface area contributed by atoms with Gasteiger partial charge in [0.1, 0.15) is 11.6 Å². The molecule has 2 rings (SSSR count). The Morgan fingerprint density at radius 3 is 2.73 bits per heavy atom. The van der Waals surface area contributed by atoms with E-state index in [1.54, 1.807) is 0 Å². The summed E-state index contributed by atoms with van der Waals surface area (Å²) in [5.41, 5.74) is 5.37. The van der Waals surface area contributed by atoms with Gasteiger partial charge in [0.05, 0.1) is 12.5 Å². The smallest absolute Gasteiger partial charge is 0.324 e. The molecule has 7 heteroatoms. The molecule has 2 heterocycles. The van der Waals surface area contributed by atoms with Crippen molar-refractivity contribution < 1.29 is 13.2 Å². The van der Waals surface area contributed by atoms with Crippen LogP contribution in [0.5, 0.6) is 0 Å². The number of aryl methyl sites for hydroxylation is 1. The normalized spacial score (nSPS) is 21.5. The second-order valence-electron chi connectivity index (χ2n) is 3.62. The maximum absolute atomic E-state index is 12.5. The van der Waals surface area contributed by atoms with Gasteiger partial charge in [0.2, 0.25) is 0 Å². The molecule has 0 unspecified atom stereocenters. The lowest BCUT2D eigenvalue weighted by molar-refractivity contribution is -0.182. The number of rotatable bonds is 1. The highest BCUT2D eigenvalue weighted by Crippen LogP contribution is 2.34. The number of fused-ring (bicyclic) bond motifs is 1. The van der Waals surface area contributed by atoms with Crippen LogP contribution in [0.25, 0.3) is 0 Å². The number of halogens is 3. The Morgan fingerprint density at radius 1 is 1.40 bits per heavy atom. The van der Waals surface area contributed by atoms with Gasteiger partial charge in [-0.05, 0) is 6.42 Å². The third-order valence-corrected chi connectivity index (χ3v) is 2.67. The molecule has 0 aromatic carbocycles. The standard InChI is InChI=1S/C8H11F3N4/c9-8(10,11)5-1-2-6-13-14-7(3-12)15(6)4-5/h5H,1-4,12H2/t5-/m0/s1. The van der Waals surface area contributed by atoms with E-state index in [-0.39, 0.29) is 19.5 Å². The predicted molar refractivity (Wildman–Crippen MR) is 45.8 cm³/mol. The molecule has 0 saturated carbocycles. The third kappa shape index (κ3) is 1.83. The number of hydrogen-bond acceptors (Lipinski definition) is 3. The Hall–Kier alpha value is -1.11. The molecule has 0 radical (unpaired) electrons. The maximum atomic E-state index is 12.5. The molecule has 0 fully saturated rings. The first-order chi connectivity index (χ1) is 7.02. The Labute approximate surface area is 84.3 Å². The van der Waals surface area contributed by atoms with E-state index in [2.05, 4.69) is 10.2 Å². The van der Waals surface area contributed by atoms with Crippen molar-refractivity contribution in [1.82, 2.24) is 14.8 Å². The number of aromatic nitrogens is 3. The van der Waals surface area contributed by atoms with Gasteiger partial charge in [-0.1, -0.05) is 0 Å². The van der Waals surface area contributed by atoms with Crippen LogP contribution in [0.2, 0.25) is 0 Å². The number of hydrogen-bond donors (Lipinski definition) is 1. The lowest BCUT2D eigenvalue weighted by atomic mass is 9.99. The van der Waals surface area contributed by atoms with Crippen LogP contribution in [0.15, 0.2) is 0 Å². The number of alkyl halides is 3. The molecule has 1 aliphatic heterocycles. The Morgan fingerprint density at radius 2 is 2.13 bits per heavy atom. The van der Waals surface area contributed by atoms with E-state index in [4.69, 9.17) is 5.73 Å². The zero-order valence-electron chi connectivity index (χ0n) is 7.96. The van der Waals surface area contributed by atoms with Crippen LogP contribution in [0, 0.1) is 5.92 Å². The lowest BCUT2D eigenvalue weighted by Crippen LogP contribution is -2.33. The van der Waals surface area contributed by atoms with Crippen molar-refractivity contribution in [2.45, 2.75) is 32.1 Å². The monoisotopic (exact) mass is 220 g/mol. The fraction of sp³-hybridized carbons (Fsp3) is 0.750. The van der Waals surface area contributed by atoms with Gasteiger partial charge in [-0.2, -0.15) is 13.2 Å². The zero-order chi connectivity index (χ0) is 11.1. The van der Waals surface area contributed by atoms with Crippen molar-refractivity contribution in [3.05, 3.63) is 11.6 Å². The van der Waals surface area contributed by atoms with Gasteiger partial charge in [0.25, 0.3) is 0 Å². The fourth-order valence-corrected chi connectivity index (χ4v) is 1.80. The van der Waals surface area contributed by atoms with Crippen molar-refractivity contribution in [2.24, 2.45) is 11.7 Å². The molecule has 1 atom stereocenters. The van der Waals surface area contributed by atoms with Gasteiger partial charge in [0.15, 0.2) is 0 Å². The van der Waals surface area contributed by atoms with Crippen LogP contribution in [0.4, 0.5) is 13.2 Å². The minimum absolute atomic E-state index is 0.0895. The average Bonchev–Trinajstić information content (AvgIpc) is 2.57. The summed E-state index contributed by atoms with van der Waals surface area (Å²) >= 11 is 0. The third-order valence-electron chi connectivity index (χ3n) is 2.67. The second kappa shape index (κ2) is 3.48. The fourth-order valence-electron chi connectivity index (χ4n) is 1.80. The van der Waals surface area contributed by atoms with Gasteiger partial charge in [-0.3, -0.25) is 0 Å². The maximum Gasteiger partial charge on any atom is 0.393 e. The van der Waals surface area contributed by atoms with E-state index >= 15 is 0 Å². The summed E-state index contributed by atoms with van der Waals surface area (Å²) in [6.45, 7) is 0.0238. The number of nitrogens with two attached hydrogens (primary N) is 1. The van der Waals surface area contributed by atoms with E-state index in [1.807, 2.05) is 0 Å². The highest BCUT2D eigenvalue weighted by Gasteiger charge is 2.42. The molecule has 0 aliphatic carbocycles. The SMILES string of the molecule is NCc1nnc2n1C[C@@H](C(F)(F)F)CC2. The van der Waals surface area contributed by atoms with E-state index < -0.39 is 12.1 Å². The van der Waals surface area contributed by atoms with Crippen molar-refractivity contribution in [3.8, 4) is 0 Å². The Bertz CT molecular complexity index is 344. The molecular weight excluding hydrogens is 209 g/mol. The first kappa shape index (κ1) is 10.4. The van der Waals surface area contributed by atoms with E-state index in [0.29, 0.717) is 18.1 Å². The summed E-state index contributed by atoms with van der Waals surface area (Å²) in [6, 6.07) is 0. The second-order valence-corrected chi connectivity index (χ2v) is 3.62. The summed E-state index contributed by atoms with van der Waals surface area (Å²) in [5.74, 6) is -0.263. The first-order valence-electron chi connectivity index (χ1n) is 4.70. The Kier molecular flexibility index (Phi) is 2.41. The van der Waals surface area contributed by atoms with Crippen molar-refractivity contribution in [1.29, 1.82) is 0 Å². The molecule has 4 nitrogen and oxygen atoms in total. The summed E-state index contributed by atoms with van der Waals surface area (Å²) in [7, 11) is 0. The average molecular weight is 220 g/mol. The highest BCUT2D eigenvalue weighted by molar-refractivity contribution is 5.00. The molecule has 0 spiro atoms. The zero-order valence-corrected chi connectivity index (χ0v) is 7.96. The molecule has 0 amide bonds. The van der Waals surface area contributed by atoms with Crippen molar-refractivity contribution in [2.75, 3.05) is 0 Å². The molecule has 1 aromatic heterocycles. The van der Waals surface area contributed by atoms with Crippen LogP contribution in [-0.4, -0.2) is 20.9 Å². The van der Waals surface area contributed by atoms with Gasteiger partial charge in [-0.25, -0.2) is 0 Å². The van der Waals surface area contributed by atoms with Gasteiger partial charge in [-0.15, -0.1) is 10.2 Å². The van der Waals surface area contributed by atoms with Crippen molar-refractivity contribution in [3.63, 3.8) is 0 Å². The van der Waals surface area contributed by atoms with E-state index in [0.717, 1.165) is 0 Å². The Balaban J connectivity index is 2.25. The van der Waals surface area contributed by atoms with Crippen LogP contribution in [0.3, 0.4) is 0 Å². The molecule has 0 saturated heterocycles. The van der Waals surface area contributed by atoms with Gasteiger partial charge < -0.3 is 10.3 Å². The minimum atomic E-state index is -4.15. The summed E-state index contributed by atoms with van der Waals surface area (Å²) in [6.07, 6.45) is -3.74. The molecule has 0 bridgehead atoms. The molecule has 1 aromatic rings. The molecule has 84 valence electrons. The minimum Gasteiger partial charge on any atom is -0.324 e. The van der Waals surface area contributed by atoms with Crippen LogP contribution in [-0.2, 0) is 19.5 Å². The van der Waals surface area contributed by atoms with E-state index in [9.17, 15) is 13.2 Å².